The fourth-order valence-electron chi connectivity index (χ4n) is 4.36. The van der Waals surface area contributed by atoms with E-state index in [0.717, 1.165) is 26.8 Å². The molecular weight excluding hydrogens is 696 g/mol. The van der Waals surface area contributed by atoms with Crippen LogP contribution in [0.1, 0.15) is 16.9 Å². The first-order valence-corrected chi connectivity index (χ1v) is 18.4. The third-order valence-electron chi connectivity index (χ3n) is 6.57. The number of rotatable bonds is 9. The molecule has 1 aliphatic rings. The van der Waals surface area contributed by atoms with E-state index in [9.17, 15) is 17.6 Å². The maximum atomic E-state index is 13.7. The van der Waals surface area contributed by atoms with Crippen LogP contribution >= 0.6 is 0 Å². The predicted octanol–water partition coefficient (Wildman–Crippen LogP) is 2.82. The molecule has 44 heavy (non-hydrogen) atoms. The molecule has 0 spiro atoms. The number of aryl methyl sites for hydroxylation is 1. The number of hydrogen-bond donors (Lipinski definition) is 4. The van der Waals surface area contributed by atoms with E-state index in [2.05, 4.69) is 39.5 Å². The van der Waals surface area contributed by atoms with Gasteiger partial charge in [0.2, 0.25) is 0 Å². The molecule has 3 aromatic carbocycles. The second-order valence-electron chi connectivity index (χ2n) is 10.2. The van der Waals surface area contributed by atoms with Crippen LogP contribution in [0.3, 0.4) is 0 Å². The van der Waals surface area contributed by atoms with Crippen molar-refractivity contribution in [2.24, 2.45) is 4.99 Å². The van der Waals surface area contributed by atoms with Crippen LogP contribution in [-0.2, 0) is 16.4 Å². The van der Waals surface area contributed by atoms with Crippen LogP contribution in [0.4, 0.5) is 26.2 Å². The van der Waals surface area contributed by atoms with Gasteiger partial charge in [0.1, 0.15) is 5.82 Å². The number of furan rings is 1. The summed E-state index contributed by atoms with van der Waals surface area (Å²) in [5.41, 5.74) is 4.30. The third kappa shape index (κ3) is 8.77. The Morgan fingerprint density at radius 3 is 2.70 bits per heavy atom. The molecule has 12 heteroatoms. The van der Waals surface area contributed by atoms with Crippen LogP contribution in [0.5, 0.6) is 0 Å². The van der Waals surface area contributed by atoms with Gasteiger partial charge in [0.25, 0.3) is 0 Å². The van der Waals surface area contributed by atoms with Crippen molar-refractivity contribution in [3.63, 3.8) is 0 Å². The summed E-state index contributed by atoms with van der Waals surface area (Å²) in [5, 5.41) is 12.0. The Morgan fingerprint density at radius 1 is 1.02 bits per heavy atom. The summed E-state index contributed by atoms with van der Waals surface area (Å²) >= 11 is -0.290. The van der Waals surface area contributed by atoms with Crippen LogP contribution in [-0.4, -0.2) is 43.3 Å². The number of anilines is 3. The molecule has 4 N–H and O–H groups in total. The molecular formula is C32H32FIN5O4S-. The van der Waals surface area contributed by atoms with Crippen LogP contribution in [0.2, 0.25) is 0 Å². The van der Waals surface area contributed by atoms with E-state index >= 15 is 0 Å². The van der Waals surface area contributed by atoms with Gasteiger partial charge in [0.15, 0.2) is 0 Å². The van der Waals surface area contributed by atoms with Crippen LogP contribution in [0.15, 0.2) is 94.5 Å². The molecule has 2 amide bonds. The summed E-state index contributed by atoms with van der Waals surface area (Å²) in [6.07, 6.45) is 5.09. The van der Waals surface area contributed by atoms with Gasteiger partial charge in [-0.05, 0) is 13.0 Å². The number of allylic oxidation sites excluding steroid dienone is 1. The number of hydrogen-bond acceptors (Lipinski definition) is 7. The van der Waals surface area contributed by atoms with E-state index in [1.807, 2.05) is 36.5 Å². The van der Waals surface area contributed by atoms with Gasteiger partial charge < -0.3 is 0 Å². The molecule has 0 fully saturated rings. The number of nitrogens with one attached hydrogen (secondary N) is 4. The fraction of sp³-hybridized carbons (Fsp3) is 0.188. The third-order valence-corrected chi connectivity index (χ3v) is 10.2. The van der Waals surface area contributed by atoms with E-state index in [4.69, 9.17) is 9.41 Å². The molecule has 4 aromatic rings. The summed E-state index contributed by atoms with van der Waals surface area (Å²) < 4.78 is 44.7. The van der Waals surface area contributed by atoms with E-state index < -0.39 is 21.7 Å². The molecule has 9 nitrogen and oxygen atoms in total. The molecule has 0 bridgehead atoms. The number of alkyl halides is 1. The van der Waals surface area contributed by atoms with Gasteiger partial charge in [-0.3, -0.25) is 0 Å². The zero-order valence-electron chi connectivity index (χ0n) is 24.2. The van der Waals surface area contributed by atoms with Crippen molar-refractivity contribution < 1.29 is 43.2 Å². The fourth-order valence-corrected chi connectivity index (χ4v) is 7.09. The number of carbonyl (C=O) groups excluding carboxylic acids is 1. The van der Waals surface area contributed by atoms with Crippen molar-refractivity contribution in [3.05, 3.63) is 111 Å². The first kappa shape index (κ1) is 31.4. The summed E-state index contributed by atoms with van der Waals surface area (Å²) in [4.78, 5) is 17.4. The number of sulfone groups is 1. The number of carbonyl (C=O) groups is 1. The Hall–Kier alpha value is -4.01. The van der Waals surface area contributed by atoms with Crippen molar-refractivity contribution in [2.75, 3.05) is 38.9 Å². The van der Waals surface area contributed by atoms with Crippen molar-refractivity contribution in [2.45, 2.75) is 13.5 Å². The normalized spacial score (nSPS) is 13.1. The van der Waals surface area contributed by atoms with Gasteiger partial charge in [0.05, 0.1) is 0 Å². The number of nitrogens with zero attached hydrogens (tertiary/aromatic N) is 1. The quantitative estimate of drug-likeness (QED) is 0.120. The van der Waals surface area contributed by atoms with Gasteiger partial charge in [0, 0.05) is 6.26 Å². The molecule has 0 atom stereocenters. The predicted molar refractivity (Wildman–Crippen MR) is 169 cm³/mol. The van der Waals surface area contributed by atoms with Gasteiger partial charge >= 0.3 is 223 Å². The zero-order valence-corrected chi connectivity index (χ0v) is 27.1. The molecule has 5 rings (SSSR count). The first-order chi connectivity index (χ1) is 21.1. The monoisotopic (exact) mass is 728 g/mol. The Balaban J connectivity index is 1.31. The Kier molecular flexibility index (Phi) is 10.1. The maximum absolute atomic E-state index is 13.7. The summed E-state index contributed by atoms with van der Waals surface area (Å²) in [7, 11) is -3.03. The van der Waals surface area contributed by atoms with E-state index in [-0.39, 0.29) is 27.0 Å². The van der Waals surface area contributed by atoms with Crippen LogP contribution < -0.4 is 42.5 Å². The number of urea groups is 1. The van der Waals surface area contributed by atoms with Gasteiger partial charge in [-0.2, -0.15) is 0 Å². The molecule has 0 unspecified atom stereocenters. The van der Waals surface area contributed by atoms with Crippen molar-refractivity contribution in [3.8, 4) is 11.3 Å². The van der Waals surface area contributed by atoms with Gasteiger partial charge in [-0.25, -0.2) is 12.8 Å². The molecule has 230 valence electrons. The molecule has 0 saturated heterocycles. The summed E-state index contributed by atoms with van der Waals surface area (Å²) in [6, 6.07) is 21.1. The average molecular weight is 729 g/mol. The molecule has 1 aromatic heterocycles. The van der Waals surface area contributed by atoms with Crippen molar-refractivity contribution >= 4 is 38.8 Å². The van der Waals surface area contributed by atoms with Gasteiger partial charge in [-0.15, -0.1) is 0 Å². The minimum atomic E-state index is -3.03. The number of fused-ring (bicyclic) bond motifs is 1. The van der Waals surface area contributed by atoms with Crippen LogP contribution in [0, 0.1) is 16.3 Å². The number of amidine groups is 1. The number of benzene rings is 3. The molecule has 1 aliphatic heterocycles. The Labute approximate surface area is 266 Å². The summed E-state index contributed by atoms with van der Waals surface area (Å²) in [5.74, 6) is 1.72. The Bertz CT molecular complexity index is 1840. The first-order valence-electron chi connectivity index (χ1n) is 13.8. The number of halogens is 2. The van der Waals surface area contributed by atoms with Crippen molar-refractivity contribution in [1.82, 2.24) is 5.32 Å². The molecule has 0 saturated carbocycles. The topological polar surface area (TPSA) is 125 Å². The minimum absolute atomic E-state index is 0.0683. The number of amides is 2. The average Bonchev–Trinajstić information content (AvgIpc) is 3.44. The van der Waals surface area contributed by atoms with E-state index in [1.165, 1.54) is 22.0 Å². The van der Waals surface area contributed by atoms with Crippen molar-refractivity contribution in [1.29, 1.82) is 0 Å². The standard InChI is InChI=1S/C32H32FIN5O4S/c1-21-7-9-23(33)18-29(21)39-32(40)38-25-6-3-5-24(19-25)37-31-27-17-22(8-11-28(27)34-13-4-14-36-31)30-12-10-26(43-30)20-35-15-16-44(2,41)42/h3-12,14,17-19,35H,13,15-16,20H2,1-2H3,(H,36,37)(H2,38,39,40)/q-1. The SMILES string of the molecule is Cc1ccc(F)cc1NC(=O)Nc1cccc(NC2=NC=CC[I-]c3ccc(-c4ccc(CNCCS(C)(=O)=O)o4)cc32)c1. The second-order valence-corrected chi connectivity index (χ2v) is 15.2. The molecule has 0 aliphatic carbocycles. The summed E-state index contributed by atoms with van der Waals surface area (Å²) in [6.45, 7) is 2.57. The second kappa shape index (κ2) is 14.2. The zero-order chi connectivity index (χ0) is 31.1. The van der Waals surface area contributed by atoms with Gasteiger partial charge in [-0.1, -0.05) is 6.07 Å². The molecule has 0 radical (unpaired) electrons. The van der Waals surface area contributed by atoms with E-state index in [0.29, 0.717) is 41.8 Å². The Morgan fingerprint density at radius 2 is 1.86 bits per heavy atom. The number of aliphatic imine (C=N–C) groups is 1. The van der Waals surface area contributed by atoms with E-state index in [1.54, 1.807) is 25.1 Å². The van der Waals surface area contributed by atoms with Crippen LogP contribution in [0.25, 0.3) is 11.3 Å². The molecule has 2 heterocycles.